The zero-order valence-corrected chi connectivity index (χ0v) is 10.5. The summed E-state index contributed by atoms with van der Waals surface area (Å²) in [4.78, 5) is 0. The fraction of sp³-hybridized carbons (Fsp3) is 1.00. The Hall–Kier alpha value is 0.310. The number of hydrogen-bond donors (Lipinski definition) is 1. The van der Waals surface area contributed by atoms with Crippen molar-refractivity contribution >= 4 is 11.8 Å². The van der Waals surface area contributed by atoms with Gasteiger partial charge in [-0.15, -0.1) is 0 Å². The molecule has 0 spiro atoms. The van der Waals surface area contributed by atoms with Gasteiger partial charge in [-0.2, -0.15) is 11.8 Å². The van der Waals surface area contributed by atoms with Crippen LogP contribution < -0.4 is 5.32 Å². The Morgan fingerprint density at radius 1 is 1.29 bits per heavy atom. The molecule has 1 saturated heterocycles. The average molecular weight is 213 g/mol. The molecule has 1 aliphatic carbocycles. The second-order valence-corrected chi connectivity index (χ2v) is 7.06. The fourth-order valence-electron chi connectivity index (χ4n) is 2.58. The Kier molecular flexibility index (Phi) is 3.13. The van der Waals surface area contributed by atoms with Crippen LogP contribution in [0.1, 0.15) is 46.5 Å². The lowest BCUT2D eigenvalue weighted by Gasteiger charge is -2.48. The van der Waals surface area contributed by atoms with Crippen LogP contribution in [-0.4, -0.2) is 23.1 Å². The highest BCUT2D eigenvalue weighted by Gasteiger charge is 2.40. The molecule has 0 aromatic heterocycles. The lowest BCUT2D eigenvalue weighted by atomic mass is 9.67. The topological polar surface area (TPSA) is 12.0 Å². The van der Waals surface area contributed by atoms with Crippen LogP contribution in [0.2, 0.25) is 0 Å². The Balaban J connectivity index is 1.84. The molecule has 1 aliphatic heterocycles. The van der Waals surface area contributed by atoms with Gasteiger partial charge in [0, 0.05) is 17.3 Å². The predicted octanol–water partition coefficient (Wildman–Crippen LogP) is 3.05. The highest BCUT2D eigenvalue weighted by Crippen LogP contribution is 2.41. The molecule has 2 rings (SSSR count). The lowest BCUT2D eigenvalue weighted by Crippen LogP contribution is -2.56. The summed E-state index contributed by atoms with van der Waals surface area (Å²) >= 11 is 2.14. The van der Waals surface area contributed by atoms with Gasteiger partial charge in [-0.05, 0) is 36.9 Å². The molecular formula is C12H23NS. The third-order valence-electron chi connectivity index (χ3n) is 4.04. The first-order valence-corrected chi connectivity index (χ1v) is 7.02. The quantitative estimate of drug-likeness (QED) is 0.756. The molecule has 1 nitrogen and oxygen atoms in total. The van der Waals surface area contributed by atoms with Gasteiger partial charge in [-0.25, -0.2) is 0 Å². The first kappa shape index (κ1) is 10.8. The maximum absolute atomic E-state index is 3.87. The smallest absolute Gasteiger partial charge is 0.0186 e. The van der Waals surface area contributed by atoms with Crippen LogP contribution in [0.15, 0.2) is 0 Å². The Morgan fingerprint density at radius 2 is 2.07 bits per heavy atom. The predicted molar refractivity (Wildman–Crippen MR) is 64.9 cm³/mol. The van der Waals surface area contributed by atoms with Crippen molar-refractivity contribution in [2.45, 2.75) is 63.8 Å². The van der Waals surface area contributed by atoms with Crippen LogP contribution in [0.4, 0.5) is 0 Å². The molecule has 1 saturated carbocycles. The van der Waals surface area contributed by atoms with E-state index in [0.717, 1.165) is 17.3 Å². The number of rotatable bonds is 2. The van der Waals surface area contributed by atoms with E-state index in [1.807, 2.05) is 0 Å². The van der Waals surface area contributed by atoms with Gasteiger partial charge in [0.2, 0.25) is 0 Å². The molecule has 0 radical (unpaired) electrons. The van der Waals surface area contributed by atoms with Crippen LogP contribution in [0, 0.1) is 5.41 Å². The molecule has 2 heteroatoms. The van der Waals surface area contributed by atoms with Crippen LogP contribution in [-0.2, 0) is 0 Å². The first-order valence-electron chi connectivity index (χ1n) is 5.97. The number of hydrogen-bond acceptors (Lipinski definition) is 2. The van der Waals surface area contributed by atoms with E-state index in [2.05, 4.69) is 37.8 Å². The molecule has 0 aromatic carbocycles. The highest BCUT2D eigenvalue weighted by molar-refractivity contribution is 7.99. The van der Waals surface area contributed by atoms with Crippen LogP contribution >= 0.6 is 11.8 Å². The molecule has 3 unspecified atom stereocenters. The molecule has 82 valence electrons. The van der Waals surface area contributed by atoms with Crippen molar-refractivity contribution in [2.24, 2.45) is 5.41 Å². The molecule has 0 amide bonds. The summed E-state index contributed by atoms with van der Waals surface area (Å²) in [5.41, 5.74) is 0.557. The summed E-state index contributed by atoms with van der Waals surface area (Å²) < 4.78 is 0. The summed E-state index contributed by atoms with van der Waals surface area (Å²) in [5, 5.41) is 4.69. The Bertz CT molecular complexity index is 202. The summed E-state index contributed by atoms with van der Waals surface area (Å²) in [6, 6.07) is 1.56. The maximum Gasteiger partial charge on any atom is 0.0186 e. The van der Waals surface area contributed by atoms with E-state index in [9.17, 15) is 0 Å². The average Bonchev–Trinajstić information content (AvgIpc) is 2.15. The zero-order valence-electron chi connectivity index (χ0n) is 9.68. The van der Waals surface area contributed by atoms with Crippen LogP contribution in [0.5, 0.6) is 0 Å². The molecule has 1 heterocycles. The first-order chi connectivity index (χ1) is 6.59. The zero-order chi connectivity index (χ0) is 10.2. The summed E-state index contributed by atoms with van der Waals surface area (Å²) in [5.74, 6) is 1.37. The molecule has 2 aliphatic rings. The monoisotopic (exact) mass is 213 g/mol. The second kappa shape index (κ2) is 4.05. The van der Waals surface area contributed by atoms with Gasteiger partial charge in [-0.1, -0.05) is 20.8 Å². The minimum absolute atomic E-state index is 0.557. The van der Waals surface area contributed by atoms with Gasteiger partial charge in [0.1, 0.15) is 0 Å². The van der Waals surface area contributed by atoms with Gasteiger partial charge in [0.15, 0.2) is 0 Å². The van der Waals surface area contributed by atoms with Gasteiger partial charge in [0.05, 0.1) is 0 Å². The normalized spacial score (nSPS) is 41.8. The van der Waals surface area contributed by atoms with Crippen molar-refractivity contribution in [2.75, 3.05) is 5.75 Å². The SMILES string of the molecule is CC1SCCCC1NC1CCC1(C)C. The van der Waals surface area contributed by atoms with Crippen molar-refractivity contribution in [3.05, 3.63) is 0 Å². The molecule has 14 heavy (non-hydrogen) atoms. The minimum Gasteiger partial charge on any atom is -0.310 e. The fourth-order valence-corrected chi connectivity index (χ4v) is 3.73. The van der Waals surface area contributed by atoms with Crippen molar-refractivity contribution in [1.82, 2.24) is 5.32 Å². The molecule has 1 N–H and O–H groups in total. The van der Waals surface area contributed by atoms with E-state index < -0.39 is 0 Å². The van der Waals surface area contributed by atoms with Crippen LogP contribution in [0.3, 0.4) is 0 Å². The van der Waals surface area contributed by atoms with Crippen molar-refractivity contribution in [3.63, 3.8) is 0 Å². The van der Waals surface area contributed by atoms with Gasteiger partial charge >= 0.3 is 0 Å². The van der Waals surface area contributed by atoms with Gasteiger partial charge in [0.25, 0.3) is 0 Å². The Morgan fingerprint density at radius 3 is 2.57 bits per heavy atom. The van der Waals surface area contributed by atoms with E-state index in [4.69, 9.17) is 0 Å². The molecule has 2 fully saturated rings. The lowest BCUT2D eigenvalue weighted by molar-refractivity contribution is 0.0959. The largest absolute Gasteiger partial charge is 0.310 e. The van der Waals surface area contributed by atoms with Gasteiger partial charge < -0.3 is 5.32 Å². The van der Waals surface area contributed by atoms with E-state index in [1.165, 1.54) is 31.4 Å². The molecular weight excluding hydrogens is 190 g/mol. The number of thioether (sulfide) groups is 1. The summed E-state index contributed by atoms with van der Waals surface area (Å²) in [7, 11) is 0. The summed E-state index contributed by atoms with van der Waals surface area (Å²) in [6.07, 6.45) is 5.58. The van der Waals surface area contributed by atoms with E-state index in [1.54, 1.807) is 0 Å². The molecule has 0 bridgehead atoms. The van der Waals surface area contributed by atoms with Crippen LogP contribution in [0.25, 0.3) is 0 Å². The standard InChI is InChI=1S/C12H23NS/c1-9-10(5-4-8-14-9)13-11-6-7-12(11,2)3/h9-11,13H,4-8H2,1-3H3. The number of nitrogens with one attached hydrogen (secondary N) is 1. The van der Waals surface area contributed by atoms with Crippen molar-refractivity contribution < 1.29 is 0 Å². The third-order valence-corrected chi connectivity index (χ3v) is 5.42. The van der Waals surface area contributed by atoms with E-state index in [0.29, 0.717) is 5.41 Å². The van der Waals surface area contributed by atoms with Crippen molar-refractivity contribution in [1.29, 1.82) is 0 Å². The summed E-state index contributed by atoms with van der Waals surface area (Å²) in [6.45, 7) is 7.18. The van der Waals surface area contributed by atoms with Gasteiger partial charge in [-0.3, -0.25) is 0 Å². The molecule has 0 aromatic rings. The Labute approximate surface area is 92.4 Å². The molecule has 3 atom stereocenters. The van der Waals surface area contributed by atoms with E-state index >= 15 is 0 Å². The maximum atomic E-state index is 3.87. The highest BCUT2D eigenvalue weighted by atomic mass is 32.2. The minimum atomic E-state index is 0.557. The van der Waals surface area contributed by atoms with Crippen molar-refractivity contribution in [3.8, 4) is 0 Å². The third kappa shape index (κ3) is 2.11. The second-order valence-electron chi connectivity index (χ2n) is 5.57. The van der Waals surface area contributed by atoms with E-state index in [-0.39, 0.29) is 0 Å².